The van der Waals surface area contributed by atoms with Crippen molar-refractivity contribution >= 4 is 39.9 Å². The minimum atomic E-state index is -0.166. The number of hydrogen-bond donors (Lipinski definition) is 1. The van der Waals surface area contributed by atoms with Crippen molar-refractivity contribution in [1.82, 2.24) is 0 Å². The van der Waals surface area contributed by atoms with E-state index in [-0.39, 0.29) is 6.10 Å². The van der Waals surface area contributed by atoms with Gasteiger partial charge in [0.1, 0.15) is 6.07 Å². The molecule has 0 spiro atoms. The highest BCUT2D eigenvalue weighted by molar-refractivity contribution is 14.1. The maximum Gasteiger partial charge on any atom is 0.101 e. The average molecular weight is 389 g/mol. The standard InChI is InChI=1S/C14H14ClIN2O/c15-13-8(7-17)1-4-12(14(13)16)18-9-2-3-10(18)6-11(19)5-9/h1,4,9-11,19H,2-3,5-6H2/t9-,10+,11+. The summed E-state index contributed by atoms with van der Waals surface area (Å²) < 4.78 is 0.951. The number of halogens is 2. The molecule has 19 heavy (non-hydrogen) atoms. The van der Waals surface area contributed by atoms with Crippen LogP contribution < -0.4 is 4.90 Å². The predicted octanol–water partition coefficient (Wildman–Crippen LogP) is 3.31. The van der Waals surface area contributed by atoms with Gasteiger partial charge in [-0.1, -0.05) is 11.6 Å². The first-order chi connectivity index (χ1) is 9.11. The van der Waals surface area contributed by atoms with E-state index in [1.165, 1.54) is 0 Å². The highest BCUT2D eigenvalue weighted by Gasteiger charge is 2.41. The third kappa shape index (κ3) is 2.22. The van der Waals surface area contributed by atoms with E-state index in [0.29, 0.717) is 22.7 Å². The number of fused-ring (bicyclic) bond motifs is 2. The Bertz CT molecular complexity index is 543. The van der Waals surface area contributed by atoms with Gasteiger partial charge in [-0.05, 0) is 60.4 Å². The van der Waals surface area contributed by atoms with Crippen LogP contribution in [0.5, 0.6) is 0 Å². The van der Waals surface area contributed by atoms with Gasteiger partial charge in [0.2, 0.25) is 0 Å². The van der Waals surface area contributed by atoms with Gasteiger partial charge in [-0.3, -0.25) is 0 Å². The van der Waals surface area contributed by atoms with Crippen molar-refractivity contribution in [1.29, 1.82) is 5.26 Å². The summed E-state index contributed by atoms with van der Waals surface area (Å²) in [4.78, 5) is 2.40. The van der Waals surface area contributed by atoms with Crippen LogP contribution in [0, 0.1) is 14.9 Å². The first-order valence-corrected chi connectivity index (χ1v) is 7.92. The van der Waals surface area contributed by atoms with E-state index in [1.54, 1.807) is 6.07 Å². The average Bonchev–Trinajstić information content (AvgIpc) is 2.65. The van der Waals surface area contributed by atoms with Crippen LogP contribution in [0.15, 0.2) is 12.1 Å². The van der Waals surface area contributed by atoms with Gasteiger partial charge in [0.25, 0.3) is 0 Å². The third-order valence-electron chi connectivity index (χ3n) is 4.17. The number of rotatable bonds is 1. The van der Waals surface area contributed by atoms with Gasteiger partial charge >= 0.3 is 0 Å². The van der Waals surface area contributed by atoms with Crippen LogP contribution in [0.1, 0.15) is 31.2 Å². The molecule has 3 rings (SSSR count). The lowest BCUT2D eigenvalue weighted by atomic mass is 9.99. The van der Waals surface area contributed by atoms with E-state index in [2.05, 4.69) is 33.6 Å². The van der Waals surface area contributed by atoms with Gasteiger partial charge in [-0.25, -0.2) is 0 Å². The molecule has 2 fully saturated rings. The van der Waals surface area contributed by atoms with E-state index in [9.17, 15) is 5.11 Å². The molecule has 2 aliphatic rings. The summed E-state index contributed by atoms with van der Waals surface area (Å²) in [6.45, 7) is 0. The van der Waals surface area contributed by atoms with E-state index in [4.69, 9.17) is 16.9 Å². The van der Waals surface area contributed by atoms with Crippen molar-refractivity contribution in [2.45, 2.75) is 43.9 Å². The molecule has 0 aromatic heterocycles. The van der Waals surface area contributed by atoms with Gasteiger partial charge < -0.3 is 10.0 Å². The summed E-state index contributed by atoms with van der Waals surface area (Å²) in [5.41, 5.74) is 1.64. The van der Waals surface area contributed by atoms with Gasteiger partial charge in [0.05, 0.1) is 25.9 Å². The second kappa shape index (κ2) is 5.12. The Morgan fingerprint density at radius 1 is 1.32 bits per heavy atom. The van der Waals surface area contributed by atoms with Gasteiger partial charge in [-0.2, -0.15) is 5.26 Å². The Morgan fingerprint density at radius 3 is 2.53 bits per heavy atom. The van der Waals surface area contributed by atoms with E-state index < -0.39 is 0 Å². The lowest BCUT2D eigenvalue weighted by Crippen LogP contribution is -2.45. The lowest BCUT2D eigenvalue weighted by Gasteiger charge is -2.39. The van der Waals surface area contributed by atoms with E-state index >= 15 is 0 Å². The zero-order chi connectivity index (χ0) is 13.6. The number of aliphatic hydroxyl groups excluding tert-OH is 1. The fourth-order valence-corrected chi connectivity index (χ4v) is 4.32. The molecule has 3 nitrogen and oxygen atoms in total. The fraction of sp³-hybridized carbons (Fsp3) is 0.500. The summed E-state index contributed by atoms with van der Waals surface area (Å²) in [6.07, 6.45) is 3.78. The molecular weight excluding hydrogens is 375 g/mol. The Balaban J connectivity index is 2.00. The molecule has 0 aliphatic carbocycles. The first-order valence-electron chi connectivity index (χ1n) is 6.46. The smallest absolute Gasteiger partial charge is 0.101 e. The summed E-state index contributed by atoms with van der Waals surface area (Å²) in [6, 6.07) is 6.72. The Morgan fingerprint density at radius 2 is 1.95 bits per heavy atom. The van der Waals surface area contributed by atoms with Crippen LogP contribution in [-0.4, -0.2) is 23.3 Å². The van der Waals surface area contributed by atoms with Gasteiger partial charge in [0.15, 0.2) is 0 Å². The molecule has 0 radical (unpaired) electrons. The number of anilines is 1. The number of piperidine rings is 1. The van der Waals surface area contributed by atoms with Crippen molar-refractivity contribution in [2.75, 3.05) is 4.90 Å². The topological polar surface area (TPSA) is 47.3 Å². The summed E-state index contributed by atoms with van der Waals surface area (Å²) in [5, 5.41) is 19.4. The monoisotopic (exact) mass is 388 g/mol. The van der Waals surface area contributed by atoms with Crippen LogP contribution in [0.4, 0.5) is 5.69 Å². The molecule has 0 amide bonds. The van der Waals surface area contributed by atoms with Crippen molar-refractivity contribution < 1.29 is 5.11 Å². The molecule has 5 heteroatoms. The number of benzene rings is 1. The second-order valence-electron chi connectivity index (χ2n) is 5.29. The molecule has 3 atom stereocenters. The lowest BCUT2D eigenvalue weighted by molar-refractivity contribution is 0.126. The molecule has 0 unspecified atom stereocenters. The van der Waals surface area contributed by atoms with Gasteiger partial charge in [-0.15, -0.1) is 0 Å². The van der Waals surface area contributed by atoms with Crippen LogP contribution in [-0.2, 0) is 0 Å². The zero-order valence-corrected chi connectivity index (χ0v) is 13.2. The number of hydrogen-bond acceptors (Lipinski definition) is 3. The van der Waals surface area contributed by atoms with E-state index in [0.717, 1.165) is 34.9 Å². The molecule has 2 heterocycles. The largest absolute Gasteiger partial charge is 0.393 e. The second-order valence-corrected chi connectivity index (χ2v) is 6.75. The Kier molecular flexibility index (Phi) is 3.63. The fourth-order valence-electron chi connectivity index (χ4n) is 3.37. The number of nitriles is 1. The van der Waals surface area contributed by atoms with Crippen molar-refractivity contribution in [3.63, 3.8) is 0 Å². The normalized spacial score (nSPS) is 29.4. The quantitative estimate of drug-likeness (QED) is 0.751. The maximum atomic E-state index is 9.86. The van der Waals surface area contributed by atoms with Crippen LogP contribution in [0.3, 0.4) is 0 Å². The molecular formula is C14H14ClIN2O. The maximum absolute atomic E-state index is 9.86. The predicted molar refractivity (Wildman–Crippen MR) is 83.4 cm³/mol. The van der Waals surface area contributed by atoms with Crippen LogP contribution in [0.25, 0.3) is 0 Å². The number of aliphatic hydroxyl groups is 1. The molecule has 0 saturated carbocycles. The minimum Gasteiger partial charge on any atom is -0.393 e. The minimum absolute atomic E-state index is 0.166. The van der Waals surface area contributed by atoms with Crippen molar-refractivity contribution in [3.05, 3.63) is 26.3 Å². The van der Waals surface area contributed by atoms with Gasteiger partial charge in [0, 0.05) is 12.1 Å². The molecule has 2 aliphatic heterocycles. The molecule has 1 N–H and O–H groups in total. The van der Waals surface area contributed by atoms with Crippen LogP contribution in [0.2, 0.25) is 5.02 Å². The molecule has 100 valence electrons. The van der Waals surface area contributed by atoms with Crippen molar-refractivity contribution in [2.24, 2.45) is 0 Å². The molecule has 1 aromatic rings. The highest BCUT2D eigenvalue weighted by Crippen LogP contribution is 2.42. The van der Waals surface area contributed by atoms with Crippen LogP contribution >= 0.6 is 34.2 Å². The molecule has 2 saturated heterocycles. The van der Waals surface area contributed by atoms with E-state index in [1.807, 2.05) is 6.07 Å². The molecule has 2 bridgehead atoms. The highest BCUT2D eigenvalue weighted by atomic mass is 127. The summed E-state index contributed by atoms with van der Waals surface area (Å²) in [5.74, 6) is 0. The summed E-state index contributed by atoms with van der Waals surface area (Å²) in [7, 11) is 0. The third-order valence-corrected chi connectivity index (χ3v) is 5.97. The first kappa shape index (κ1) is 13.5. The Labute approximate surface area is 131 Å². The SMILES string of the molecule is N#Cc1ccc(N2[C@@H]3CC[C@H]2C[C@@H](O)C3)c(I)c1Cl. The number of nitrogens with zero attached hydrogens (tertiary/aromatic N) is 2. The Hall–Kier alpha value is -0.510. The summed E-state index contributed by atoms with van der Waals surface area (Å²) >= 11 is 8.48. The zero-order valence-electron chi connectivity index (χ0n) is 10.3. The molecule has 1 aromatic carbocycles. The van der Waals surface area contributed by atoms with Crippen molar-refractivity contribution in [3.8, 4) is 6.07 Å².